The Balaban J connectivity index is 1.49. The molecule has 0 N–H and O–H groups in total. The summed E-state index contributed by atoms with van der Waals surface area (Å²) in [6, 6.07) is 17.0. The standard InChI is InChI=1S/C19H13N3S4/c1-22-19(17-9-7-15(26-17)13-5-3-11-24-13)20-18(21-22)16-8-6-14(25-16)12-4-2-10-23-12/h2-11H,1H3. The van der Waals surface area contributed by atoms with Crippen LogP contribution in [0, 0.1) is 0 Å². The van der Waals surface area contributed by atoms with E-state index in [2.05, 4.69) is 64.4 Å². The van der Waals surface area contributed by atoms with Crippen molar-refractivity contribution in [1.29, 1.82) is 0 Å². The Morgan fingerprint density at radius 2 is 1.27 bits per heavy atom. The highest BCUT2D eigenvalue weighted by molar-refractivity contribution is 7.23. The van der Waals surface area contributed by atoms with Crippen LogP contribution in [-0.2, 0) is 7.05 Å². The average Bonchev–Trinajstić information content (AvgIpc) is 3.45. The molecule has 128 valence electrons. The molecule has 26 heavy (non-hydrogen) atoms. The number of nitrogens with zero attached hydrogens (tertiary/aromatic N) is 3. The SMILES string of the molecule is Cn1nc(-c2ccc(-c3cccs3)s2)nc1-c1ccc(-c2cccs2)s1. The molecule has 0 unspecified atom stereocenters. The minimum absolute atomic E-state index is 0.793. The summed E-state index contributed by atoms with van der Waals surface area (Å²) in [6.45, 7) is 0. The van der Waals surface area contributed by atoms with Crippen LogP contribution in [0.4, 0.5) is 0 Å². The number of hydrogen-bond acceptors (Lipinski definition) is 6. The van der Waals surface area contributed by atoms with Crippen molar-refractivity contribution < 1.29 is 0 Å². The molecule has 0 fully saturated rings. The summed E-state index contributed by atoms with van der Waals surface area (Å²) < 4.78 is 1.88. The van der Waals surface area contributed by atoms with Gasteiger partial charge in [-0.3, -0.25) is 0 Å². The Hall–Kier alpha value is -2.06. The molecule has 0 aliphatic rings. The highest BCUT2D eigenvalue weighted by atomic mass is 32.1. The van der Waals surface area contributed by atoms with Gasteiger partial charge in [-0.15, -0.1) is 50.4 Å². The maximum Gasteiger partial charge on any atom is 0.191 e. The van der Waals surface area contributed by atoms with E-state index in [1.54, 1.807) is 45.3 Å². The van der Waals surface area contributed by atoms with Gasteiger partial charge in [0.25, 0.3) is 0 Å². The molecule has 0 aromatic carbocycles. The lowest BCUT2D eigenvalue weighted by atomic mass is 10.3. The van der Waals surface area contributed by atoms with E-state index in [4.69, 9.17) is 4.98 Å². The largest absolute Gasteiger partial charge is 0.248 e. The molecule has 7 heteroatoms. The minimum atomic E-state index is 0.793. The topological polar surface area (TPSA) is 30.7 Å². The van der Waals surface area contributed by atoms with Gasteiger partial charge in [0.05, 0.1) is 9.75 Å². The molecule has 5 rings (SSSR count). The summed E-state index contributed by atoms with van der Waals surface area (Å²) in [7, 11) is 1.96. The van der Waals surface area contributed by atoms with Crippen molar-refractivity contribution in [2.45, 2.75) is 0 Å². The third kappa shape index (κ3) is 2.87. The van der Waals surface area contributed by atoms with Gasteiger partial charge in [-0.05, 0) is 47.2 Å². The average molecular weight is 412 g/mol. The van der Waals surface area contributed by atoms with E-state index in [1.165, 1.54) is 19.5 Å². The van der Waals surface area contributed by atoms with Crippen molar-refractivity contribution in [1.82, 2.24) is 14.8 Å². The molecular formula is C19H13N3S4. The first-order chi connectivity index (χ1) is 12.8. The Labute approximate surface area is 166 Å². The van der Waals surface area contributed by atoms with Crippen LogP contribution in [-0.4, -0.2) is 14.8 Å². The Morgan fingerprint density at radius 1 is 0.692 bits per heavy atom. The fourth-order valence-corrected chi connectivity index (χ4v) is 6.35. The van der Waals surface area contributed by atoms with Crippen molar-refractivity contribution >= 4 is 45.3 Å². The van der Waals surface area contributed by atoms with Crippen LogP contribution in [0.3, 0.4) is 0 Å². The molecule has 0 saturated heterocycles. The first-order valence-electron chi connectivity index (χ1n) is 7.97. The van der Waals surface area contributed by atoms with E-state index in [1.807, 2.05) is 11.7 Å². The van der Waals surface area contributed by atoms with Crippen molar-refractivity contribution in [2.75, 3.05) is 0 Å². The number of thiophene rings is 4. The third-order valence-electron chi connectivity index (χ3n) is 3.94. The molecule has 0 aliphatic heterocycles. The molecule has 5 heterocycles. The van der Waals surface area contributed by atoms with Gasteiger partial charge in [-0.1, -0.05) is 12.1 Å². The minimum Gasteiger partial charge on any atom is -0.248 e. The smallest absolute Gasteiger partial charge is 0.191 e. The number of rotatable bonds is 4. The van der Waals surface area contributed by atoms with Gasteiger partial charge in [-0.25, -0.2) is 9.67 Å². The second-order valence-electron chi connectivity index (χ2n) is 5.67. The van der Waals surface area contributed by atoms with Crippen LogP contribution in [0.2, 0.25) is 0 Å². The first-order valence-corrected chi connectivity index (χ1v) is 11.4. The van der Waals surface area contributed by atoms with Crippen molar-refractivity contribution in [2.24, 2.45) is 7.05 Å². The van der Waals surface area contributed by atoms with Gasteiger partial charge in [0.2, 0.25) is 0 Å². The molecule has 5 aromatic rings. The summed E-state index contributed by atoms with van der Waals surface area (Å²) >= 11 is 7.02. The zero-order chi connectivity index (χ0) is 17.5. The highest BCUT2D eigenvalue weighted by Gasteiger charge is 2.16. The Kier molecular flexibility index (Phi) is 4.09. The molecule has 0 saturated carbocycles. The molecule has 3 nitrogen and oxygen atoms in total. The lowest BCUT2D eigenvalue weighted by molar-refractivity contribution is 0.779. The quantitative estimate of drug-likeness (QED) is 0.328. The van der Waals surface area contributed by atoms with Crippen LogP contribution >= 0.6 is 45.3 Å². The van der Waals surface area contributed by atoms with E-state index in [0.717, 1.165) is 21.4 Å². The predicted molar refractivity (Wildman–Crippen MR) is 114 cm³/mol. The van der Waals surface area contributed by atoms with Crippen molar-refractivity contribution in [3.63, 3.8) is 0 Å². The van der Waals surface area contributed by atoms with E-state index in [-0.39, 0.29) is 0 Å². The second kappa shape index (κ2) is 6.59. The zero-order valence-electron chi connectivity index (χ0n) is 13.7. The van der Waals surface area contributed by atoms with Crippen molar-refractivity contribution in [3.8, 4) is 40.9 Å². The van der Waals surface area contributed by atoms with Crippen LogP contribution < -0.4 is 0 Å². The van der Waals surface area contributed by atoms with E-state index in [0.29, 0.717) is 0 Å². The Bertz CT molecular complexity index is 1140. The molecule has 0 spiro atoms. The fraction of sp³-hybridized carbons (Fsp3) is 0.0526. The normalized spacial score (nSPS) is 11.3. The summed E-state index contributed by atoms with van der Waals surface area (Å²) in [5.74, 6) is 1.71. The van der Waals surface area contributed by atoms with Crippen LogP contribution in [0.15, 0.2) is 59.3 Å². The summed E-state index contributed by atoms with van der Waals surface area (Å²) in [5.41, 5.74) is 0. The number of aryl methyl sites for hydroxylation is 1. The maximum absolute atomic E-state index is 4.82. The fourth-order valence-electron chi connectivity index (χ4n) is 2.72. The first kappa shape index (κ1) is 16.1. The molecule has 0 radical (unpaired) electrons. The molecule has 0 bridgehead atoms. The Morgan fingerprint density at radius 3 is 1.88 bits per heavy atom. The van der Waals surface area contributed by atoms with Gasteiger partial charge >= 0.3 is 0 Å². The van der Waals surface area contributed by atoms with Crippen molar-refractivity contribution in [3.05, 3.63) is 59.3 Å². The summed E-state index contributed by atoms with van der Waals surface area (Å²) in [4.78, 5) is 12.2. The lowest BCUT2D eigenvalue weighted by Gasteiger charge is -1.94. The zero-order valence-corrected chi connectivity index (χ0v) is 17.0. The number of hydrogen-bond donors (Lipinski definition) is 0. The number of aromatic nitrogens is 3. The van der Waals surface area contributed by atoms with E-state index < -0.39 is 0 Å². The van der Waals surface area contributed by atoms with Gasteiger partial charge in [0.15, 0.2) is 11.6 Å². The predicted octanol–water partition coefficient (Wildman–Crippen LogP) is 6.73. The molecule has 0 atom stereocenters. The molecule has 0 amide bonds. The molecule has 5 aromatic heterocycles. The summed E-state index contributed by atoms with van der Waals surface area (Å²) in [5, 5.41) is 8.87. The monoisotopic (exact) mass is 411 g/mol. The highest BCUT2D eigenvalue weighted by Crippen LogP contribution is 2.38. The van der Waals surface area contributed by atoms with E-state index in [9.17, 15) is 0 Å². The maximum atomic E-state index is 4.82. The van der Waals surface area contributed by atoms with Crippen LogP contribution in [0.5, 0.6) is 0 Å². The van der Waals surface area contributed by atoms with Gasteiger partial charge in [0.1, 0.15) is 0 Å². The molecular weight excluding hydrogens is 398 g/mol. The third-order valence-corrected chi connectivity index (χ3v) is 8.24. The molecule has 0 aliphatic carbocycles. The summed E-state index contributed by atoms with van der Waals surface area (Å²) in [6.07, 6.45) is 0. The second-order valence-corrected chi connectivity index (χ2v) is 9.73. The van der Waals surface area contributed by atoms with Gasteiger partial charge in [0, 0.05) is 26.6 Å². The van der Waals surface area contributed by atoms with Crippen LogP contribution in [0.25, 0.3) is 40.9 Å². The van der Waals surface area contributed by atoms with E-state index >= 15 is 0 Å². The van der Waals surface area contributed by atoms with Gasteiger partial charge in [-0.2, -0.15) is 0 Å². The lowest BCUT2D eigenvalue weighted by Crippen LogP contribution is -1.92. The van der Waals surface area contributed by atoms with Gasteiger partial charge < -0.3 is 0 Å². The van der Waals surface area contributed by atoms with Crippen LogP contribution in [0.1, 0.15) is 0 Å².